The monoisotopic (exact) mass is 438 g/mol. The summed E-state index contributed by atoms with van der Waals surface area (Å²) < 4.78 is 2.87. The lowest BCUT2D eigenvalue weighted by atomic mass is 10.3. The van der Waals surface area contributed by atoms with Crippen LogP contribution in [0.25, 0.3) is 10.2 Å². The lowest BCUT2D eigenvalue weighted by Crippen LogP contribution is -2.18. The number of thioether (sulfide) groups is 1. The zero-order valence-corrected chi connectivity index (χ0v) is 17.3. The van der Waals surface area contributed by atoms with Crippen molar-refractivity contribution in [2.45, 2.75) is 6.54 Å². The van der Waals surface area contributed by atoms with Crippen LogP contribution >= 0.6 is 46.0 Å². The predicted molar refractivity (Wildman–Crippen MR) is 114 cm³/mol. The molecule has 3 aromatic rings. The number of thiazole rings is 2. The fourth-order valence-electron chi connectivity index (χ4n) is 2.25. The number of anilines is 1. The second-order valence-corrected chi connectivity index (χ2v) is 8.61. The first kappa shape index (κ1) is 19.8. The maximum absolute atomic E-state index is 12.2. The van der Waals surface area contributed by atoms with Gasteiger partial charge >= 0.3 is 0 Å². The minimum absolute atomic E-state index is 0.119. The Balaban J connectivity index is 1.66. The molecule has 0 spiro atoms. The van der Waals surface area contributed by atoms with Crippen molar-refractivity contribution in [3.05, 3.63) is 52.3 Å². The Labute approximate surface area is 172 Å². The van der Waals surface area contributed by atoms with Crippen LogP contribution in [0.2, 0.25) is 5.02 Å². The topological polar surface area (TPSA) is 76.3 Å². The third-order valence-corrected chi connectivity index (χ3v) is 6.20. The van der Waals surface area contributed by atoms with E-state index in [-0.39, 0.29) is 23.3 Å². The Morgan fingerprint density at radius 3 is 3.00 bits per heavy atom. The highest BCUT2D eigenvalue weighted by Crippen LogP contribution is 2.22. The fraction of sp³-hybridized carbons (Fsp3) is 0.176. The van der Waals surface area contributed by atoms with Crippen LogP contribution in [0.15, 0.2) is 47.4 Å². The maximum atomic E-state index is 12.2. The summed E-state index contributed by atoms with van der Waals surface area (Å²) >= 11 is 10.0. The quantitative estimate of drug-likeness (QED) is 0.569. The van der Waals surface area contributed by atoms with E-state index in [1.54, 1.807) is 23.7 Å². The van der Waals surface area contributed by atoms with Crippen LogP contribution in [-0.2, 0) is 16.1 Å². The number of aromatic nitrogens is 2. The molecule has 0 unspecified atom stereocenters. The summed E-state index contributed by atoms with van der Waals surface area (Å²) in [6.45, 7) is 4.30. The smallest absolute Gasteiger partial charge is 0.258 e. The van der Waals surface area contributed by atoms with Crippen molar-refractivity contribution in [1.29, 1.82) is 0 Å². The average molecular weight is 439 g/mol. The normalized spacial score (nSPS) is 11.7. The van der Waals surface area contributed by atoms with Gasteiger partial charge in [0, 0.05) is 23.1 Å². The number of nitrogens with zero attached hydrogens (tertiary/aromatic N) is 3. The summed E-state index contributed by atoms with van der Waals surface area (Å²) in [4.78, 5) is 32.8. The Hall–Kier alpha value is -1.94. The number of halogens is 1. The standard InChI is InChI=1S/C17H15ClN4O2S3/c1-2-6-22-12-4-3-11(18)8-13(12)27-17(22)21-15(24)10-25-9-14(23)20-16-19-5-7-26-16/h2-5,7-8H,1,6,9-10H2,(H,19,20,23). The van der Waals surface area contributed by atoms with Crippen LogP contribution in [0.3, 0.4) is 0 Å². The van der Waals surface area contributed by atoms with E-state index in [4.69, 9.17) is 11.6 Å². The number of allylic oxidation sites excluding steroid dienone is 1. The van der Waals surface area contributed by atoms with Crippen LogP contribution in [0.1, 0.15) is 0 Å². The Morgan fingerprint density at radius 1 is 1.41 bits per heavy atom. The van der Waals surface area contributed by atoms with Gasteiger partial charge in [0.1, 0.15) is 0 Å². The van der Waals surface area contributed by atoms with Crippen molar-refractivity contribution in [3.63, 3.8) is 0 Å². The minimum Gasteiger partial charge on any atom is -0.313 e. The molecule has 27 heavy (non-hydrogen) atoms. The summed E-state index contributed by atoms with van der Waals surface area (Å²) in [6.07, 6.45) is 3.37. The van der Waals surface area contributed by atoms with E-state index in [0.29, 0.717) is 21.5 Å². The van der Waals surface area contributed by atoms with Crippen molar-refractivity contribution in [1.82, 2.24) is 9.55 Å². The molecule has 6 nitrogen and oxygen atoms in total. The third kappa shape index (κ3) is 5.29. The van der Waals surface area contributed by atoms with E-state index >= 15 is 0 Å². The van der Waals surface area contributed by atoms with Crippen molar-refractivity contribution in [3.8, 4) is 0 Å². The first-order valence-corrected chi connectivity index (χ1v) is 11.0. The number of hydrogen-bond donors (Lipinski definition) is 1. The Kier molecular flexibility index (Phi) is 6.84. The van der Waals surface area contributed by atoms with E-state index in [2.05, 4.69) is 21.9 Å². The number of rotatable bonds is 7. The molecule has 2 amide bonds. The van der Waals surface area contributed by atoms with E-state index in [0.717, 1.165) is 10.2 Å². The molecular formula is C17H15ClN4O2S3. The molecule has 0 bridgehead atoms. The molecule has 2 heterocycles. The molecule has 0 aliphatic carbocycles. The van der Waals surface area contributed by atoms with Gasteiger partial charge in [-0.05, 0) is 18.2 Å². The highest BCUT2D eigenvalue weighted by molar-refractivity contribution is 8.00. The van der Waals surface area contributed by atoms with Crippen molar-refractivity contribution in [2.24, 2.45) is 4.99 Å². The molecule has 1 N–H and O–H groups in total. The molecule has 0 saturated heterocycles. The molecule has 0 aliphatic rings. The Morgan fingerprint density at radius 2 is 2.26 bits per heavy atom. The molecule has 0 aliphatic heterocycles. The van der Waals surface area contributed by atoms with Gasteiger partial charge in [-0.25, -0.2) is 4.98 Å². The van der Waals surface area contributed by atoms with Gasteiger partial charge in [0.2, 0.25) is 5.91 Å². The first-order valence-electron chi connectivity index (χ1n) is 7.81. The van der Waals surface area contributed by atoms with Gasteiger partial charge in [0.15, 0.2) is 9.93 Å². The number of carbonyl (C=O) groups is 2. The number of hydrogen-bond acceptors (Lipinski definition) is 6. The van der Waals surface area contributed by atoms with Gasteiger partial charge in [-0.3, -0.25) is 9.59 Å². The summed E-state index contributed by atoms with van der Waals surface area (Å²) in [5.41, 5.74) is 0.950. The van der Waals surface area contributed by atoms with Gasteiger partial charge < -0.3 is 9.88 Å². The first-order chi connectivity index (χ1) is 13.1. The highest BCUT2D eigenvalue weighted by atomic mass is 35.5. The summed E-state index contributed by atoms with van der Waals surface area (Å²) in [5, 5.41) is 5.63. The predicted octanol–water partition coefficient (Wildman–Crippen LogP) is 3.80. The van der Waals surface area contributed by atoms with Crippen molar-refractivity contribution < 1.29 is 9.59 Å². The van der Waals surface area contributed by atoms with Crippen LogP contribution in [0.5, 0.6) is 0 Å². The molecule has 10 heteroatoms. The number of fused-ring (bicyclic) bond motifs is 1. The molecule has 3 rings (SSSR count). The SMILES string of the molecule is C=CCn1c(=NC(=O)CSCC(=O)Nc2nccs2)sc2cc(Cl)ccc21. The fourth-order valence-corrected chi connectivity index (χ4v) is 4.73. The van der Waals surface area contributed by atoms with Crippen LogP contribution in [-0.4, -0.2) is 32.9 Å². The highest BCUT2D eigenvalue weighted by Gasteiger charge is 2.09. The summed E-state index contributed by atoms with van der Waals surface area (Å²) in [5.74, 6) is -0.206. The summed E-state index contributed by atoms with van der Waals surface area (Å²) in [6, 6.07) is 5.56. The zero-order valence-electron chi connectivity index (χ0n) is 14.1. The van der Waals surface area contributed by atoms with Gasteiger partial charge in [0.25, 0.3) is 5.91 Å². The molecule has 2 aromatic heterocycles. The molecule has 0 atom stereocenters. The lowest BCUT2D eigenvalue weighted by Gasteiger charge is -2.01. The van der Waals surface area contributed by atoms with Crippen molar-refractivity contribution >= 4 is 73.2 Å². The average Bonchev–Trinajstić information content (AvgIpc) is 3.23. The van der Waals surface area contributed by atoms with Gasteiger partial charge in [0.05, 0.1) is 21.7 Å². The number of carbonyl (C=O) groups excluding carboxylic acids is 2. The zero-order chi connectivity index (χ0) is 19.2. The summed E-state index contributed by atoms with van der Waals surface area (Å²) in [7, 11) is 0. The third-order valence-electron chi connectivity index (χ3n) is 3.31. The second-order valence-electron chi connectivity index (χ2n) is 5.28. The largest absolute Gasteiger partial charge is 0.313 e. The van der Waals surface area contributed by atoms with Gasteiger partial charge in [-0.15, -0.1) is 29.7 Å². The van der Waals surface area contributed by atoms with Crippen LogP contribution in [0, 0.1) is 0 Å². The molecule has 0 saturated carbocycles. The van der Waals surface area contributed by atoms with E-state index < -0.39 is 0 Å². The van der Waals surface area contributed by atoms with E-state index in [9.17, 15) is 9.59 Å². The van der Waals surface area contributed by atoms with Crippen molar-refractivity contribution in [2.75, 3.05) is 16.8 Å². The Bertz CT molecular complexity index is 1040. The number of amides is 2. The van der Waals surface area contributed by atoms with E-state index in [1.807, 2.05) is 16.7 Å². The molecule has 0 fully saturated rings. The van der Waals surface area contributed by atoms with Crippen LogP contribution in [0.4, 0.5) is 5.13 Å². The lowest BCUT2D eigenvalue weighted by molar-refractivity contribution is -0.115. The minimum atomic E-state index is -0.294. The maximum Gasteiger partial charge on any atom is 0.258 e. The van der Waals surface area contributed by atoms with Gasteiger partial charge in [-0.1, -0.05) is 29.0 Å². The van der Waals surface area contributed by atoms with E-state index in [1.165, 1.54) is 34.4 Å². The number of benzene rings is 1. The molecular weight excluding hydrogens is 424 g/mol. The van der Waals surface area contributed by atoms with Gasteiger partial charge in [-0.2, -0.15) is 4.99 Å². The number of nitrogens with one attached hydrogen (secondary N) is 1. The van der Waals surface area contributed by atoms with Crippen LogP contribution < -0.4 is 10.1 Å². The molecule has 140 valence electrons. The second kappa shape index (κ2) is 9.32. The molecule has 0 radical (unpaired) electrons. The molecule has 1 aromatic carbocycles.